The number of aromatic nitrogens is 3. The van der Waals surface area contributed by atoms with E-state index in [0.717, 1.165) is 5.69 Å². The zero-order valence-corrected chi connectivity index (χ0v) is 19.3. The molecule has 0 aliphatic carbocycles. The first-order valence-electron chi connectivity index (χ1n) is 9.36. The Labute approximate surface area is 190 Å². The fraction of sp³-hybridized carbons (Fsp3) is 0.300. The van der Waals surface area contributed by atoms with Crippen molar-refractivity contribution in [2.24, 2.45) is 0 Å². The van der Waals surface area contributed by atoms with Gasteiger partial charge in [0.15, 0.2) is 15.7 Å². The molecular formula is C20H20Cl2N4O2S2. The smallest absolute Gasteiger partial charge is 0.204 e. The Kier molecular flexibility index (Phi) is 6.05. The van der Waals surface area contributed by atoms with Gasteiger partial charge in [0.1, 0.15) is 0 Å². The van der Waals surface area contributed by atoms with E-state index in [-0.39, 0.29) is 17.5 Å². The Balaban J connectivity index is 1.78. The quantitative estimate of drug-likeness (QED) is 0.502. The van der Waals surface area contributed by atoms with Crippen molar-refractivity contribution < 1.29 is 8.42 Å². The monoisotopic (exact) mass is 482 g/mol. The summed E-state index contributed by atoms with van der Waals surface area (Å²) in [5.74, 6) is 0.976. The Bertz CT molecular complexity index is 1240. The molecular weight excluding hydrogens is 463 g/mol. The van der Waals surface area contributed by atoms with E-state index in [1.165, 1.54) is 0 Å². The van der Waals surface area contributed by atoms with Gasteiger partial charge in [0.25, 0.3) is 0 Å². The highest BCUT2D eigenvalue weighted by molar-refractivity contribution is 7.91. The van der Waals surface area contributed by atoms with Crippen molar-refractivity contribution >= 4 is 45.3 Å². The van der Waals surface area contributed by atoms with Gasteiger partial charge in [0.2, 0.25) is 4.77 Å². The molecule has 1 fully saturated rings. The number of benzene rings is 2. The molecule has 3 aromatic rings. The molecule has 0 N–H and O–H groups in total. The zero-order valence-electron chi connectivity index (χ0n) is 16.2. The first-order chi connectivity index (χ1) is 14.2. The minimum atomic E-state index is -2.97. The van der Waals surface area contributed by atoms with E-state index in [2.05, 4.69) is 0 Å². The van der Waals surface area contributed by atoms with Gasteiger partial charge >= 0.3 is 0 Å². The molecule has 0 spiro atoms. The number of nitrogens with zero attached hydrogens (tertiary/aromatic N) is 4. The topological polar surface area (TPSA) is 60.1 Å². The van der Waals surface area contributed by atoms with Crippen LogP contribution in [0.4, 0.5) is 0 Å². The van der Waals surface area contributed by atoms with Crippen molar-refractivity contribution in [1.82, 2.24) is 19.2 Å². The number of hydrogen-bond donors (Lipinski definition) is 0. The summed E-state index contributed by atoms with van der Waals surface area (Å²) < 4.78 is 27.8. The molecule has 1 aromatic heterocycles. The number of hydrogen-bond acceptors (Lipinski definition) is 5. The Morgan fingerprint density at radius 2 is 1.93 bits per heavy atom. The van der Waals surface area contributed by atoms with Crippen molar-refractivity contribution in [3.8, 4) is 17.1 Å². The van der Waals surface area contributed by atoms with Crippen molar-refractivity contribution in [2.75, 3.05) is 18.6 Å². The lowest BCUT2D eigenvalue weighted by molar-refractivity contribution is 0.196. The first-order valence-corrected chi connectivity index (χ1v) is 12.3. The number of para-hydroxylation sites is 1. The second kappa shape index (κ2) is 8.43. The number of halogens is 2. The van der Waals surface area contributed by atoms with E-state index in [1.54, 1.807) is 16.8 Å². The van der Waals surface area contributed by atoms with Crippen LogP contribution < -0.4 is 0 Å². The van der Waals surface area contributed by atoms with Gasteiger partial charge in [-0.25, -0.2) is 13.1 Å². The molecule has 1 aliphatic rings. The second-order valence-corrected chi connectivity index (χ2v) is 10.8. The van der Waals surface area contributed by atoms with Crippen LogP contribution in [0.25, 0.3) is 17.1 Å². The maximum atomic E-state index is 11.9. The van der Waals surface area contributed by atoms with Crippen LogP contribution in [0.3, 0.4) is 0 Å². The van der Waals surface area contributed by atoms with Crippen LogP contribution in [-0.2, 0) is 16.5 Å². The third-order valence-corrected chi connectivity index (χ3v) is 7.91. The molecule has 30 heavy (non-hydrogen) atoms. The maximum Gasteiger partial charge on any atom is 0.204 e. The maximum absolute atomic E-state index is 11.9. The van der Waals surface area contributed by atoms with Crippen LogP contribution in [0.15, 0.2) is 48.5 Å². The van der Waals surface area contributed by atoms with Gasteiger partial charge in [0, 0.05) is 22.3 Å². The average molecular weight is 483 g/mol. The lowest BCUT2D eigenvalue weighted by Crippen LogP contribution is -2.34. The summed E-state index contributed by atoms with van der Waals surface area (Å²) in [6, 6.07) is 14.9. The van der Waals surface area contributed by atoms with Gasteiger partial charge in [-0.1, -0.05) is 41.4 Å². The fourth-order valence-corrected chi connectivity index (χ4v) is 6.19. The van der Waals surface area contributed by atoms with Crippen molar-refractivity contribution in [1.29, 1.82) is 0 Å². The Morgan fingerprint density at radius 3 is 2.57 bits per heavy atom. The van der Waals surface area contributed by atoms with Gasteiger partial charge in [-0.15, -0.1) is 5.10 Å². The van der Waals surface area contributed by atoms with Crippen LogP contribution in [-0.4, -0.2) is 52.3 Å². The Hall–Kier alpha value is -1.71. The molecule has 158 valence electrons. The van der Waals surface area contributed by atoms with Crippen molar-refractivity contribution in [3.05, 3.63) is 63.3 Å². The van der Waals surface area contributed by atoms with Gasteiger partial charge in [0.05, 0.1) is 23.2 Å². The standard InChI is InChI=1S/C20H20Cl2N4O2S2/c1-24(16-9-10-30(27,28)12-16)13-25-20(29)26(15-5-3-2-4-6-15)19(23-25)17-8-7-14(21)11-18(17)22/h2-8,11,16H,9-10,12-13H2,1H3. The summed E-state index contributed by atoms with van der Waals surface area (Å²) in [6.45, 7) is 0.372. The van der Waals surface area contributed by atoms with Gasteiger partial charge < -0.3 is 0 Å². The first kappa shape index (κ1) is 21.5. The summed E-state index contributed by atoms with van der Waals surface area (Å²) in [6.07, 6.45) is 0.613. The van der Waals surface area contributed by atoms with Crippen molar-refractivity contribution in [2.45, 2.75) is 19.1 Å². The highest BCUT2D eigenvalue weighted by atomic mass is 35.5. The largest absolute Gasteiger partial charge is 0.283 e. The SMILES string of the molecule is CN(Cn1nc(-c2ccc(Cl)cc2Cl)n(-c2ccccc2)c1=S)C1CCS(=O)(=O)C1. The van der Waals surface area contributed by atoms with Crippen LogP contribution >= 0.6 is 35.4 Å². The molecule has 10 heteroatoms. The second-order valence-electron chi connectivity index (χ2n) is 7.36. The van der Waals surface area contributed by atoms with Crippen LogP contribution in [0.1, 0.15) is 6.42 Å². The molecule has 1 unspecified atom stereocenters. The van der Waals surface area contributed by atoms with Crippen LogP contribution in [0.2, 0.25) is 10.0 Å². The molecule has 1 saturated heterocycles. The Morgan fingerprint density at radius 1 is 1.20 bits per heavy atom. The summed E-state index contributed by atoms with van der Waals surface area (Å²) in [5.41, 5.74) is 1.57. The summed E-state index contributed by atoms with van der Waals surface area (Å²) >= 11 is 18.3. The van der Waals surface area contributed by atoms with E-state index in [1.807, 2.05) is 52.9 Å². The average Bonchev–Trinajstić information content (AvgIpc) is 3.22. The van der Waals surface area contributed by atoms with Crippen LogP contribution in [0.5, 0.6) is 0 Å². The highest BCUT2D eigenvalue weighted by Gasteiger charge is 2.31. The predicted octanol–water partition coefficient (Wildman–Crippen LogP) is 4.45. The van der Waals surface area contributed by atoms with Gasteiger partial charge in [-0.2, -0.15) is 0 Å². The molecule has 0 radical (unpaired) electrons. The zero-order chi connectivity index (χ0) is 21.5. The van der Waals surface area contributed by atoms with Crippen LogP contribution in [0, 0.1) is 4.77 Å². The molecule has 0 bridgehead atoms. The summed E-state index contributed by atoms with van der Waals surface area (Å²) in [5, 5.41) is 5.76. The lowest BCUT2D eigenvalue weighted by Gasteiger charge is -2.22. The van der Waals surface area contributed by atoms with E-state index >= 15 is 0 Å². The van der Waals surface area contributed by atoms with Gasteiger partial charge in [-0.3, -0.25) is 9.47 Å². The van der Waals surface area contributed by atoms with E-state index in [0.29, 0.717) is 39.3 Å². The molecule has 0 saturated carbocycles. The molecule has 2 aromatic carbocycles. The normalized spacial score (nSPS) is 18.2. The third kappa shape index (κ3) is 4.33. The van der Waals surface area contributed by atoms with Gasteiger partial charge in [-0.05, 0) is 56.0 Å². The highest BCUT2D eigenvalue weighted by Crippen LogP contribution is 2.31. The minimum absolute atomic E-state index is 0.0543. The molecule has 4 rings (SSSR count). The summed E-state index contributed by atoms with van der Waals surface area (Å²) in [7, 11) is -1.08. The third-order valence-electron chi connectivity index (χ3n) is 5.21. The van der Waals surface area contributed by atoms with E-state index < -0.39 is 9.84 Å². The number of sulfone groups is 1. The predicted molar refractivity (Wildman–Crippen MR) is 123 cm³/mol. The lowest BCUT2D eigenvalue weighted by atomic mass is 10.2. The number of rotatable bonds is 5. The molecule has 1 aliphatic heterocycles. The molecule has 0 amide bonds. The minimum Gasteiger partial charge on any atom is -0.283 e. The van der Waals surface area contributed by atoms with E-state index in [4.69, 9.17) is 40.5 Å². The van der Waals surface area contributed by atoms with E-state index in [9.17, 15) is 8.42 Å². The summed E-state index contributed by atoms with van der Waals surface area (Å²) in [4.78, 5) is 1.98. The molecule has 2 heterocycles. The van der Waals surface area contributed by atoms with Crippen molar-refractivity contribution in [3.63, 3.8) is 0 Å². The molecule has 6 nitrogen and oxygen atoms in total. The fourth-order valence-electron chi connectivity index (χ4n) is 3.60. The molecule has 1 atom stereocenters.